The fraction of sp³-hybridized carbons (Fsp3) is 0.375. The number of urea groups is 1. The highest BCUT2D eigenvalue weighted by molar-refractivity contribution is 5.74. The van der Waals surface area contributed by atoms with E-state index in [9.17, 15) is 13.6 Å². The maximum Gasteiger partial charge on any atom is 0.317 e. The van der Waals surface area contributed by atoms with Gasteiger partial charge in [0.25, 0.3) is 0 Å². The molecule has 24 heavy (non-hydrogen) atoms. The van der Waals surface area contributed by atoms with Crippen molar-refractivity contribution in [2.75, 3.05) is 13.1 Å². The Morgan fingerprint density at radius 1 is 1.38 bits per heavy atom. The van der Waals surface area contributed by atoms with Crippen LogP contribution in [0.4, 0.5) is 13.6 Å². The quantitative estimate of drug-likeness (QED) is 0.889. The van der Waals surface area contributed by atoms with E-state index in [0.29, 0.717) is 18.7 Å². The lowest BCUT2D eigenvalue weighted by Gasteiger charge is -2.17. The molecule has 3 N–H and O–H groups in total. The zero-order chi connectivity index (χ0) is 17.3. The summed E-state index contributed by atoms with van der Waals surface area (Å²) in [7, 11) is 1.88. The van der Waals surface area contributed by atoms with Gasteiger partial charge in [0.2, 0.25) is 0 Å². The Morgan fingerprint density at radius 2 is 2.17 bits per heavy atom. The maximum atomic E-state index is 13.2. The molecule has 1 aromatic heterocycles. The van der Waals surface area contributed by atoms with Crippen molar-refractivity contribution < 1.29 is 13.6 Å². The molecule has 3 rings (SSSR count). The second kappa shape index (κ2) is 6.56. The van der Waals surface area contributed by atoms with E-state index in [0.717, 1.165) is 17.8 Å². The molecule has 2 heterocycles. The second-order valence-electron chi connectivity index (χ2n) is 6.05. The lowest BCUT2D eigenvalue weighted by Crippen LogP contribution is -2.39. The molecule has 2 aromatic rings. The van der Waals surface area contributed by atoms with Crippen molar-refractivity contribution in [3.63, 3.8) is 0 Å². The first kappa shape index (κ1) is 16.4. The number of aromatic nitrogens is 2. The van der Waals surface area contributed by atoms with Gasteiger partial charge in [-0.1, -0.05) is 6.07 Å². The van der Waals surface area contributed by atoms with E-state index in [4.69, 9.17) is 5.73 Å². The van der Waals surface area contributed by atoms with E-state index in [2.05, 4.69) is 10.3 Å². The molecule has 0 spiro atoms. The number of likely N-dealkylation sites (tertiary alicyclic amines) is 1. The summed E-state index contributed by atoms with van der Waals surface area (Å²) in [5.74, 6) is -1.85. The third kappa shape index (κ3) is 3.38. The SMILES string of the molecule is Cn1cnc([C@@H]2CN(C(=O)NCc3ccc(F)c(F)c3)C[C@H]2N)c1. The van der Waals surface area contributed by atoms with Crippen molar-refractivity contribution in [1.82, 2.24) is 19.8 Å². The highest BCUT2D eigenvalue weighted by Crippen LogP contribution is 2.25. The van der Waals surface area contributed by atoms with Gasteiger partial charge in [0, 0.05) is 44.8 Å². The number of hydrogen-bond donors (Lipinski definition) is 2. The van der Waals surface area contributed by atoms with Gasteiger partial charge >= 0.3 is 6.03 Å². The van der Waals surface area contributed by atoms with E-state index in [1.54, 1.807) is 11.2 Å². The first-order chi connectivity index (χ1) is 11.4. The molecule has 6 nitrogen and oxygen atoms in total. The van der Waals surface area contributed by atoms with Crippen molar-refractivity contribution in [2.45, 2.75) is 18.5 Å². The number of hydrogen-bond acceptors (Lipinski definition) is 3. The molecule has 2 atom stereocenters. The standard InChI is InChI=1S/C16H19F2N5O/c1-22-8-15(21-9-22)11-6-23(7-14(11)19)16(24)20-5-10-2-3-12(17)13(18)4-10/h2-4,8-9,11,14H,5-7,19H2,1H3,(H,20,24)/t11-,14-/m1/s1. The number of nitrogens with two attached hydrogens (primary N) is 1. The molecule has 8 heteroatoms. The van der Waals surface area contributed by atoms with Crippen molar-refractivity contribution >= 4 is 6.03 Å². The summed E-state index contributed by atoms with van der Waals surface area (Å²) in [6.07, 6.45) is 3.60. The highest BCUT2D eigenvalue weighted by atomic mass is 19.2. The Hall–Kier alpha value is -2.48. The largest absolute Gasteiger partial charge is 0.340 e. The average molecular weight is 335 g/mol. The molecule has 0 radical (unpaired) electrons. The zero-order valence-corrected chi connectivity index (χ0v) is 13.2. The highest BCUT2D eigenvalue weighted by Gasteiger charge is 2.35. The third-order valence-corrected chi connectivity index (χ3v) is 4.18. The van der Waals surface area contributed by atoms with Crippen LogP contribution in [0.2, 0.25) is 0 Å². The number of amides is 2. The number of carbonyl (C=O) groups excluding carboxylic acids is 1. The molecule has 0 unspecified atom stereocenters. The lowest BCUT2D eigenvalue weighted by molar-refractivity contribution is 0.207. The number of halogens is 2. The molecule has 0 saturated carbocycles. The molecule has 0 bridgehead atoms. The molecule has 1 aliphatic heterocycles. The molecule has 1 aliphatic rings. The monoisotopic (exact) mass is 335 g/mol. The van der Waals surface area contributed by atoms with Gasteiger partial charge in [0.15, 0.2) is 11.6 Å². The summed E-state index contributed by atoms with van der Waals surface area (Å²) in [5.41, 5.74) is 7.48. The van der Waals surface area contributed by atoms with Crippen LogP contribution in [0.25, 0.3) is 0 Å². The fourth-order valence-corrected chi connectivity index (χ4v) is 2.87. The van der Waals surface area contributed by atoms with Crippen molar-refractivity contribution in [2.24, 2.45) is 12.8 Å². The van der Waals surface area contributed by atoms with Gasteiger partial charge in [-0.2, -0.15) is 0 Å². The molecule has 1 aromatic carbocycles. The van der Waals surface area contributed by atoms with Crippen LogP contribution in [0.15, 0.2) is 30.7 Å². The topological polar surface area (TPSA) is 76.2 Å². The number of aryl methyl sites for hydroxylation is 1. The van der Waals surface area contributed by atoms with E-state index in [1.165, 1.54) is 6.07 Å². The predicted molar refractivity (Wildman–Crippen MR) is 84.1 cm³/mol. The summed E-state index contributed by atoms with van der Waals surface area (Å²) in [6.45, 7) is 1.02. The molecule has 1 saturated heterocycles. The minimum Gasteiger partial charge on any atom is -0.340 e. The van der Waals surface area contributed by atoms with E-state index < -0.39 is 11.6 Å². The summed E-state index contributed by atoms with van der Waals surface area (Å²) >= 11 is 0. The van der Waals surface area contributed by atoms with Crippen LogP contribution in [0, 0.1) is 11.6 Å². The molecular weight excluding hydrogens is 316 g/mol. The number of rotatable bonds is 3. The van der Waals surface area contributed by atoms with Crippen LogP contribution in [0.1, 0.15) is 17.2 Å². The van der Waals surface area contributed by atoms with Crippen LogP contribution in [0.3, 0.4) is 0 Å². The number of nitrogens with zero attached hydrogens (tertiary/aromatic N) is 3. The first-order valence-corrected chi connectivity index (χ1v) is 7.64. The molecule has 128 valence electrons. The smallest absolute Gasteiger partial charge is 0.317 e. The van der Waals surface area contributed by atoms with Crippen molar-refractivity contribution in [3.8, 4) is 0 Å². The minimum atomic E-state index is -0.930. The van der Waals surface area contributed by atoms with Crippen LogP contribution in [-0.4, -0.2) is 39.6 Å². The van der Waals surface area contributed by atoms with Gasteiger partial charge in [-0.15, -0.1) is 0 Å². The van der Waals surface area contributed by atoms with Gasteiger partial charge in [0.05, 0.1) is 12.0 Å². The van der Waals surface area contributed by atoms with Gasteiger partial charge in [0.1, 0.15) is 0 Å². The van der Waals surface area contributed by atoms with E-state index >= 15 is 0 Å². The normalized spacial score (nSPS) is 20.4. The van der Waals surface area contributed by atoms with Gasteiger partial charge < -0.3 is 20.5 Å². The second-order valence-corrected chi connectivity index (χ2v) is 6.05. The Morgan fingerprint density at radius 3 is 2.83 bits per heavy atom. The molecular formula is C16H19F2N5O. The van der Waals surface area contributed by atoms with Crippen molar-refractivity contribution in [3.05, 3.63) is 53.6 Å². The maximum absolute atomic E-state index is 13.2. The Balaban J connectivity index is 1.58. The van der Waals surface area contributed by atoms with Crippen LogP contribution in [-0.2, 0) is 13.6 Å². The fourth-order valence-electron chi connectivity index (χ4n) is 2.87. The Kier molecular flexibility index (Phi) is 4.48. The lowest BCUT2D eigenvalue weighted by atomic mass is 10.0. The molecule has 2 amide bonds. The van der Waals surface area contributed by atoms with Crippen molar-refractivity contribution in [1.29, 1.82) is 0 Å². The number of nitrogens with one attached hydrogen (secondary N) is 1. The Labute approximate surface area is 138 Å². The predicted octanol–water partition coefficient (Wildman–Crippen LogP) is 1.33. The Bertz CT molecular complexity index is 748. The zero-order valence-electron chi connectivity index (χ0n) is 13.2. The van der Waals surface area contributed by atoms with Gasteiger partial charge in [-0.25, -0.2) is 18.6 Å². The average Bonchev–Trinajstić information content (AvgIpc) is 3.14. The summed E-state index contributed by atoms with van der Waals surface area (Å²) in [4.78, 5) is 18.2. The summed E-state index contributed by atoms with van der Waals surface area (Å²) in [5, 5.41) is 2.70. The van der Waals surface area contributed by atoms with Crippen LogP contribution >= 0.6 is 0 Å². The summed E-state index contributed by atoms with van der Waals surface area (Å²) < 4.78 is 27.9. The van der Waals surface area contributed by atoms with Gasteiger partial charge in [-0.3, -0.25) is 0 Å². The first-order valence-electron chi connectivity index (χ1n) is 7.64. The molecule has 0 aliphatic carbocycles. The van der Waals surface area contributed by atoms with Crippen LogP contribution < -0.4 is 11.1 Å². The number of benzene rings is 1. The minimum absolute atomic E-state index is 0.0137. The number of imidazole rings is 1. The van der Waals surface area contributed by atoms with Crippen LogP contribution in [0.5, 0.6) is 0 Å². The molecule has 1 fully saturated rings. The van der Waals surface area contributed by atoms with Gasteiger partial charge in [-0.05, 0) is 17.7 Å². The van der Waals surface area contributed by atoms with E-state index in [1.807, 2.05) is 17.8 Å². The van der Waals surface area contributed by atoms with E-state index in [-0.39, 0.29) is 24.5 Å². The number of carbonyl (C=O) groups is 1. The summed E-state index contributed by atoms with van der Waals surface area (Å²) in [6, 6.07) is 3.08. The third-order valence-electron chi connectivity index (χ3n) is 4.18.